The zero-order valence-electron chi connectivity index (χ0n) is 15.1. The molecule has 2 aromatic rings. The third-order valence-corrected chi connectivity index (χ3v) is 7.15. The zero-order chi connectivity index (χ0) is 20.1. The molecule has 0 bridgehead atoms. The lowest BCUT2D eigenvalue weighted by atomic mass is 10.3. The van der Waals surface area contributed by atoms with Crippen LogP contribution < -0.4 is 5.32 Å². The maximum Gasteiger partial charge on any atom is 0.243 e. The second kappa shape index (κ2) is 9.37. The predicted octanol–water partition coefficient (Wildman–Crippen LogP) is 3.44. The van der Waals surface area contributed by atoms with Crippen molar-refractivity contribution in [3.8, 4) is 0 Å². The highest BCUT2D eigenvalue weighted by Crippen LogP contribution is 2.20. The highest BCUT2D eigenvalue weighted by molar-refractivity contribution is 9.10. The van der Waals surface area contributed by atoms with E-state index in [2.05, 4.69) is 21.2 Å². The molecule has 1 saturated heterocycles. The van der Waals surface area contributed by atoms with E-state index in [1.165, 1.54) is 4.31 Å². The summed E-state index contributed by atoms with van der Waals surface area (Å²) in [5, 5.41) is 3.38. The number of benzene rings is 2. The Morgan fingerprint density at radius 1 is 1.07 bits per heavy atom. The van der Waals surface area contributed by atoms with Gasteiger partial charge in [-0.2, -0.15) is 4.31 Å². The Bertz CT molecular complexity index is 938. The summed E-state index contributed by atoms with van der Waals surface area (Å²) in [7, 11) is -3.54. The molecule has 0 saturated carbocycles. The van der Waals surface area contributed by atoms with E-state index in [-0.39, 0.29) is 17.3 Å². The molecule has 2 aromatic carbocycles. The molecule has 0 spiro atoms. The smallest absolute Gasteiger partial charge is 0.243 e. The lowest BCUT2D eigenvalue weighted by molar-refractivity contribution is -0.117. The fraction of sp³-hybridized carbons (Fsp3) is 0.316. The van der Waals surface area contributed by atoms with E-state index in [1.807, 2.05) is 4.90 Å². The van der Waals surface area contributed by atoms with Crippen LogP contribution in [-0.2, 0) is 14.8 Å². The van der Waals surface area contributed by atoms with E-state index in [0.29, 0.717) is 43.3 Å². The number of anilines is 1. The van der Waals surface area contributed by atoms with Crippen LogP contribution in [0.15, 0.2) is 57.9 Å². The van der Waals surface area contributed by atoms with Gasteiger partial charge < -0.3 is 5.32 Å². The van der Waals surface area contributed by atoms with Gasteiger partial charge in [-0.25, -0.2) is 8.42 Å². The van der Waals surface area contributed by atoms with Gasteiger partial charge in [0.05, 0.1) is 11.4 Å². The Kier molecular flexibility index (Phi) is 7.11. The zero-order valence-corrected chi connectivity index (χ0v) is 18.3. The molecule has 3 rings (SSSR count). The fourth-order valence-corrected chi connectivity index (χ4v) is 5.00. The average molecular weight is 487 g/mol. The van der Waals surface area contributed by atoms with Crippen LogP contribution in [-0.4, -0.2) is 56.3 Å². The SMILES string of the molecule is O=C(CN1CCCN(S(=O)(=O)c2ccc(Br)cc2)CC1)Nc1cccc(Cl)c1. The minimum absolute atomic E-state index is 0.147. The highest BCUT2D eigenvalue weighted by atomic mass is 79.9. The molecule has 150 valence electrons. The van der Waals surface area contributed by atoms with Crippen molar-refractivity contribution in [1.29, 1.82) is 0 Å². The Morgan fingerprint density at radius 3 is 2.54 bits per heavy atom. The largest absolute Gasteiger partial charge is 0.325 e. The lowest BCUT2D eigenvalue weighted by Gasteiger charge is -2.21. The maximum absolute atomic E-state index is 12.9. The van der Waals surface area contributed by atoms with Crippen molar-refractivity contribution >= 4 is 49.1 Å². The molecule has 1 fully saturated rings. The van der Waals surface area contributed by atoms with Gasteiger partial charge in [0.2, 0.25) is 15.9 Å². The summed E-state index contributed by atoms with van der Waals surface area (Å²) in [6, 6.07) is 13.6. The standard InChI is InChI=1S/C19H21BrClN3O3S/c20-15-5-7-18(8-6-15)28(26,27)24-10-2-9-23(11-12-24)14-19(25)22-17-4-1-3-16(21)13-17/h1,3-8,13H,2,9-12,14H2,(H,22,25). The fourth-order valence-electron chi connectivity index (χ4n) is 3.07. The van der Waals surface area contributed by atoms with Crippen molar-refractivity contribution in [2.45, 2.75) is 11.3 Å². The van der Waals surface area contributed by atoms with Crippen molar-refractivity contribution in [3.63, 3.8) is 0 Å². The first kappa shape index (κ1) is 21.3. The molecule has 1 aliphatic heterocycles. The molecule has 1 N–H and O–H groups in total. The molecule has 1 aliphatic rings. The summed E-state index contributed by atoms with van der Waals surface area (Å²) in [6.45, 7) is 2.15. The summed E-state index contributed by atoms with van der Waals surface area (Å²) in [5.41, 5.74) is 0.645. The summed E-state index contributed by atoms with van der Waals surface area (Å²) in [6.07, 6.45) is 0.667. The van der Waals surface area contributed by atoms with Crippen LogP contribution in [0.3, 0.4) is 0 Å². The van der Waals surface area contributed by atoms with E-state index in [1.54, 1.807) is 48.5 Å². The Hall–Kier alpha value is -1.45. The van der Waals surface area contributed by atoms with Gasteiger partial charge in [-0.1, -0.05) is 33.6 Å². The average Bonchev–Trinajstić information content (AvgIpc) is 2.88. The number of amides is 1. The second-order valence-electron chi connectivity index (χ2n) is 6.55. The number of hydrogen-bond acceptors (Lipinski definition) is 4. The number of carbonyl (C=O) groups excluding carboxylic acids is 1. The van der Waals surface area contributed by atoms with Crippen LogP contribution in [0.25, 0.3) is 0 Å². The Balaban J connectivity index is 1.58. The summed E-state index contributed by atoms with van der Waals surface area (Å²) in [4.78, 5) is 14.6. The molecule has 6 nitrogen and oxygen atoms in total. The second-order valence-corrected chi connectivity index (χ2v) is 9.84. The molecular formula is C19H21BrClN3O3S. The molecule has 9 heteroatoms. The normalized spacial score (nSPS) is 16.5. The molecule has 0 aromatic heterocycles. The first-order valence-electron chi connectivity index (χ1n) is 8.88. The van der Waals surface area contributed by atoms with Gasteiger partial charge >= 0.3 is 0 Å². The molecule has 0 aliphatic carbocycles. The molecule has 0 atom stereocenters. The van der Waals surface area contributed by atoms with E-state index in [4.69, 9.17) is 11.6 Å². The third-order valence-electron chi connectivity index (χ3n) is 4.47. The number of sulfonamides is 1. The van der Waals surface area contributed by atoms with Gasteiger partial charge in [0.15, 0.2) is 0 Å². The minimum atomic E-state index is -3.54. The number of nitrogens with zero attached hydrogens (tertiary/aromatic N) is 2. The van der Waals surface area contributed by atoms with Gasteiger partial charge in [-0.3, -0.25) is 9.69 Å². The monoisotopic (exact) mass is 485 g/mol. The number of carbonyl (C=O) groups is 1. The third kappa shape index (κ3) is 5.55. The summed E-state index contributed by atoms with van der Waals surface area (Å²) in [5.74, 6) is -0.147. The van der Waals surface area contributed by atoms with E-state index < -0.39 is 10.0 Å². The van der Waals surface area contributed by atoms with Gasteiger partial charge in [-0.05, 0) is 55.4 Å². The topological polar surface area (TPSA) is 69.7 Å². The first-order chi connectivity index (χ1) is 13.3. The minimum Gasteiger partial charge on any atom is -0.325 e. The number of hydrogen-bond donors (Lipinski definition) is 1. The van der Waals surface area contributed by atoms with Crippen LogP contribution in [0.4, 0.5) is 5.69 Å². The number of nitrogens with one attached hydrogen (secondary N) is 1. The van der Waals surface area contributed by atoms with Crippen molar-refractivity contribution in [1.82, 2.24) is 9.21 Å². The van der Waals surface area contributed by atoms with Crippen LogP contribution in [0.5, 0.6) is 0 Å². The quantitative estimate of drug-likeness (QED) is 0.703. The molecule has 1 heterocycles. The lowest BCUT2D eigenvalue weighted by Crippen LogP contribution is -2.38. The van der Waals surface area contributed by atoms with Crippen LogP contribution in [0.2, 0.25) is 5.02 Å². The predicted molar refractivity (Wildman–Crippen MR) is 114 cm³/mol. The maximum atomic E-state index is 12.9. The van der Waals surface area contributed by atoms with Crippen LogP contribution in [0.1, 0.15) is 6.42 Å². The van der Waals surface area contributed by atoms with Gasteiger partial charge in [-0.15, -0.1) is 0 Å². The van der Waals surface area contributed by atoms with E-state index >= 15 is 0 Å². The van der Waals surface area contributed by atoms with E-state index in [9.17, 15) is 13.2 Å². The van der Waals surface area contributed by atoms with Crippen molar-refractivity contribution in [2.24, 2.45) is 0 Å². The molecule has 0 radical (unpaired) electrons. The first-order valence-corrected chi connectivity index (χ1v) is 11.5. The van der Waals surface area contributed by atoms with Crippen molar-refractivity contribution in [3.05, 3.63) is 58.0 Å². The van der Waals surface area contributed by atoms with Gasteiger partial charge in [0.1, 0.15) is 0 Å². The van der Waals surface area contributed by atoms with Gasteiger partial charge in [0.25, 0.3) is 0 Å². The highest BCUT2D eigenvalue weighted by Gasteiger charge is 2.27. The Labute approximate surface area is 178 Å². The Morgan fingerprint density at radius 2 is 1.82 bits per heavy atom. The van der Waals surface area contributed by atoms with Crippen LogP contribution in [0, 0.1) is 0 Å². The molecule has 0 unspecified atom stereocenters. The number of halogens is 2. The van der Waals surface area contributed by atoms with Crippen LogP contribution >= 0.6 is 27.5 Å². The molecule has 1 amide bonds. The molecular weight excluding hydrogens is 466 g/mol. The summed E-state index contributed by atoms with van der Waals surface area (Å²) >= 11 is 9.25. The van der Waals surface area contributed by atoms with Gasteiger partial charge in [0, 0.05) is 34.8 Å². The van der Waals surface area contributed by atoms with E-state index in [0.717, 1.165) is 4.47 Å². The summed E-state index contributed by atoms with van der Waals surface area (Å²) < 4.78 is 28.0. The van der Waals surface area contributed by atoms with Crippen molar-refractivity contribution < 1.29 is 13.2 Å². The van der Waals surface area contributed by atoms with Crippen molar-refractivity contribution in [2.75, 3.05) is 38.0 Å². The number of rotatable bonds is 5. The molecule has 28 heavy (non-hydrogen) atoms.